The Labute approximate surface area is 90.2 Å². The highest BCUT2D eigenvalue weighted by atomic mass is 32.2. The van der Waals surface area contributed by atoms with Gasteiger partial charge in [-0.2, -0.15) is 11.8 Å². The van der Waals surface area contributed by atoms with Crippen LogP contribution in [0.4, 0.5) is 0 Å². The molecule has 0 spiro atoms. The molecule has 0 radical (unpaired) electrons. The molecule has 1 saturated heterocycles. The molecule has 82 valence electrons. The number of carbonyl (C=O) groups is 1. The Balaban J connectivity index is 2.28. The van der Waals surface area contributed by atoms with Crippen molar-refractivity contribution in [2.45, 2.75) is 32.7 Å². The van der Waals surface area contributed by atoms with Crippen molar-refractivity contribution < 1.29 is 4.79 Å². The van der Waals surface area contributed by atoms with Crippen molar-refractivity contribution in [3.63, 3.8) is 0 Å². The van der Waals surface area contributed by atoms with Crippen molar-refractivity contribution in [2.24, 2.45) is 11.1 Å². The average molecular weight is 216 g/mol. The fourth-order valence-electron chi connectivity index (χ4n) is 1.39. The molecule has 1 amide bonds. The van der Waals surface area contributed by atoms with Crippen LogP contribution in [0.5, 0.6) is 0 Å². The van der Waals surface area contributed by atoms with Gasteiger partial charge in [-0.25, -0.2) is 0 Å². The third-order valence-electron chi connectivity index (χ3n) is 2.72. The van der Waals surface area contributed by atoms with Crippen LogP contribution in [0.25, 0.3) is 0 Å². The van der Waals surface area contributed by atoms with Gasteiger partial charge in [-0.3, -0.25) is 4.79 Å². The van der Waals surface area contributed by atoms with Gasteiger partial charge in [-0.15, -0.1) is 0 Å². The summed E-state index contributed by atoms with van der Waals surface area (Å²) in [5, 5.41) is 3.43. The molecule has 14 heavy (non-hydrogen) atoms. The number of carbonyl (C=O) groups excluding carboxylic acids is 1. The molecule has 1 aliphatic heterocycles. The molecule has 0 aromatic rings. The van der Waals surface area contributed by atoms with Crippen molar-refractivity contribution in [3.05, 3.63) is 0 Å². The molecule has 1 heterocycles. The zero-order valence-corrected chi connectivity index (χ0v) is 9.82. The number of amides is 1. The topological polar surface area (TPSA) is 55.1 Å². The van der Waals surface area contributed by atoms with Crippen LogP contribution in [0.2, 0.25) is 0 Å². The number of rotatable bonds is 4. The number of thioether (sulfide) groups is 1. The normalized spacial score (nSPS) is 19.6. The van der Waals surface area contributed by atoms with Crippen molar-refractivity contribution in [1.82, 2.24) is 5.32 Å². The van der Waals surface area contributed by atoms with Crippen LogP contribution in [0.3, 0.4) is 0 Å². The molecule has 1 fully saturated rings. The maximum atomic E-state index is 11.1. The highest BCUT2D eigenvalue weighted by Crippen LogP contribution is 2.19. The van der Waals surface area contributed by atoms with Crippen LogP contribution >= 0.6 is 11.8 Å². The molecule has 0 atom stereocenters. The molecule has 4 heteroatoms. The van der Waals surface area contributed by atoms with Crippen LogP contribution < -0.4 is 11.1 Å². The Morgan fingerprint density at radius 2 is 2.07 bits per heavy atom. The lowest BCUT2D eigenvalue weighted by Gasteiger charge is -2.27. The highest BCUT2D eigenvalue weighted by Gasteiger charge is 2.26. The SMILES string of the molecule is CC(C)(CNC1CCSCC1)C(N)=O. The lowest BCUT2D eigenvalue weighted by molar-refractivity contribution is -0.125. The molecule has 1 aliphatic rings. The fourth-order valence-corrected chi connectivity index (χ4v) is 2.49. The van der Waals surface area contributed by atoms with E-state index in [0.717, 1.165) is 0 Å². The summed E-state index contributed by atoms with van der Waals surface area (Å²) in [7, 11) is 0. The summed E-state index contributed by atoms with van der Waals surface area (Å²) in [6, 6.07) is 0.579. The van der Waals surface area contributed by atoms with E-state index in [1.807, 2.05) is 25.6 Å². The maximum Gasteiger partial charge on any atom is 0.224 e. The van der Waals surface area contributed by atoms with Crippen molar-refractivity contribution in [3.8, 4) is 0 Å². The molecule has 0 aliphatic carbocycles. The second-order valence-electron chi connectivity index (χ2n) is 4.52. The zero-order valence-electron chi connectivity index (χ0n) is 9.01. The molecule has 1 rings (SSSR count). The van der Waals surface area contributed by atoms with Crippen molar-refractivity contribution >= 4 is 17.7 Å². The zero-order chi connectivity index (χ0) is 10.6. The van der Waals surface area contributed by atoms with E-state index in [-0.39, 0.29) is 5.91 Å². The first-order valence-corrected chi connectivity index (χ1v) is 6.29. The number of hydrogen-bond acceptors (Lipinski definition) is 3. The summed E-state index contributed by atoms with van der Waals surface area (Å²) in [6.07, 6.45) is 2.42. The largest absolute Gasteiger partial charge is 0.369 e. The molecule has 3 nitrogen and oxygen atoms in total. The maximum absolute atomic E-state index is 11.1. The van der Waals surface area contributed by atoms with Gasteiger partial charge in [-0.05, 0) is 38.2 Å². The summed E-state index contributed by atoms with van der Waals surface area (Å²) in [4.78, 5) is 11.1. The van der Waals surface area contributed by atoms with E-state index in [2.05, 4.69) is 5.32 Å². The van der Waals surface area contributed by atoms with Crippen molar-refractivity contribution in [2.75, 3.05) is 18.1 Å². The van der Waals surface area contributed by atoms with Gasteiger partial charge in [0.1, 0.15) is 0 Å². The average Bonchev–Trinajstić information content (AvgIpc) is 2.16. The standard InChI is InChI=1S/C10H20N2OS/c1-10(2,9(11)13)7-12-8-3-5-14-6-4-8/h8,12H,3-7H2,1-2H3,(H2,11,13). The molecule has 0 aromatic carbocycles. The van der Waals surface area contributed by atoms with Gasteiger partial charge in [0.2, 0.25) is 5.91 Å². The molecule has 0 unspecified atom stereocenters. The predicted octanol–water partition coefficient (Wildman–Crippen LogP) is 0.983. The quantitative estimate of drug-likeness (QED) is 0.736. The third kappa shape index (κ3) is 3.50. The minimum Gasteiger partial charge on any atom is -0.369 e. The summed E-state index contributed by atoms with van der Waals surface area (Å²) in [6.45, 7) is 4.47. The monoisotopic (exact) mass is 216 g/mol. The van der Waals surface area contributed by atoms with E-state index in [0.29, 0.717) is 12.6 Å². The molecule has 0 aromatic heterocycles. The second-order valence-corrected chi connectivity index (χ2v) is 5.74. The van der Waals surface area contributed by atoms with Crippen LogP contribution in [-0.2, 0) is 4.79 Å². The molecule has 0 bridgehead atoms. The van der Waals surface area contributed by atoms with Gasteiger partial charge in [0.25, 0.3) is 0 Å². The molecular weight excluding hydrogens is 196 g/mol. The van der Waals surface area contributed by atoms with Gasteiger partial charge in [0, 0.05) is 12.6 Å². The highest BCUT2D eigenvalue weighted by molar-refractivity contribution is 7.99. The van der Waals surface area contributed by atoms with Crippen LogP contribution in [0, 0.1) is 5.41 Å². The third-order valence-corrected chi connectivity index (χ3v) is 3.77. The first kappa shape index (κ1) is 11.9. The van der Waals surface area contributed by atoms with E-state index >= 15 is 0 Å². The second kappa shape index (κ2) is 5.03. The van der Waals surface area contributed by atoms with Gasteiger partial charge in [0.15, 0.2) is 0 Å². The van der Waals surface area contributed by atoms with Crippen LogP contribution in [0.15, 0.2) is 0 Å². The van der Waals surface area contributed by atoms with E-state index in [9.17, 15) is 4.79 Å². The minimum atomic E-state index is -0.426. The predicted molar refractivity (Wildman–Crippen MR) is 61.3 cm³/mol. The Kier molecular flexibility index (Phi) is 4.26. The first-order chi connectivity index (χ1) is 6.52. The Bertz CT molecular complexity index is 200. The van der Waals surface area contributed by atoms with Gasteiger partial charge >= 0.3 is 0 Å². The number of primary amides is 1. The Morgan fingerprint density at radius 3 is 2.57 bits per heavy atom. The van der Waals surface area contributed by atoms with E-state index in [1.165, 1.54) is 24.3 Å². The summed E-state index contributed by atoms with van der Waals surface area (Å²) < 4.78 is 0. The molecule has 3 N–H and O–H groups in total. The lowest BCUT2D eigenvalue weighted by Crippen LogP contribution is -2.44. The van der Waals surface area contributed by atoms with Gasteiger partial charge in [0.05, 0.1) is 5.41 Å². The summed E-state index contributed by atoms with van der Waals surface area (Å²) in [5.41, 5.74) is 4.88. The smallest absolute Gasteiger partial charge is 0.224 e. The molecular formula is C10H20N2OS. The first-order valence-electron chi connectivity index (χ1n) is 5.13. The van der Waals surface area contributed by atoms with Gasteiger partial charge in [-0.1, -0.05) is 0 Å². The number of nitrogens with two attached hydrogens (primary N) is 1. The number of hydrogen-bond donors (Lipinski definition) is 2. The number of nitrogens with one attached hydrogen (secondary N) is 1. The Morgan fingerprint density at radius 1 is 1.50 bits per heavy atom. The van der Waals surface area contributed by atoms with E-state index in [4.69, 9.17) is 5.73 Å². The van der Waals surface area contributed by atoms with E-state index < -0.39 is 5.41 Å². The fraction of sp³-hybridized carbons (Fsp3) is 0.900. The summed E-state index contributed by atoms with van der Waals surface area (Å²) in [5.74, 6) is 2.23. The molecule has 0 saturated carbocycles. The lowest BCUT2D eigenvalue weighted by atomic mass is 9.92. The minimum absolute atomic E-state index is 0.227. The van der Waals surface area contributed by atoms with Crippen LogP contribution in [-0.4, -0.2) is 30.0 Å². The van der Waals surface area contributed by atoms with E-state index in [1.54, 1.807) is 0 Å². The van der Waals surface area contributed by atoms with Gasteiger partial charge < -0.3 is 11.1 Å². The van der Waals surface area contributed by atoms with Crippen molar-refractivity contribution in [1.29, 1.82) is 0 Å². The van der Waals surface area contributed by atoms with Crippen LogP contribution in [0.1, 0.15) is 26.7 Å². The Hall–Kier alpha value is -0.220. The summed E-state index contributed by atoms with van der Waals surface area (Å²) >= 11 is 2.01.